The average molecular weight is 347 g/mol. The van der Waals surface area contributed by atoms with E-state index in [1.165, 1.54) is 0 Å². The van der Waals surface area contributed by atoms with Crippen LogP contribution in [0.4, 0.5) is 10.5 Å². The van der Waals surface area contributed by atoms with Gasteiger partial charge in [-0.3, -0.25) is 9.97 Å². The van der Waals surface area contributed by atoms with Crippen molar-refractivity contribution in [2.45, 2.75) is 6.54 Å². The number of amides is 2. The molecule has 2 amide bonds. The number of benzene rings is 1. The number of aromatic nitrogens is 2. The number of fused-ring (bicyclic) bond motifs is 1. The van der Waals surface area contributed by atoms with E-state index >= 15 is 0 Å². The van der Waals surface area contributed by atoms with Crippen molar-refractivity contribution in [3.63, 3.8) is 0 Å². The van der Waals surface area contributed by atoms with E-state index in [-0.39, 0.29) is 6.03 Å². The van der Waals surface area contributed by atoms with Crippen LogP contribution in [0.3, 0.4) is 0 Å². The van der Waals surface area contributed by atoms with E-state index in [0.29, 0.717) is 19.6 Å². The number of pyridine rings is 2. The first-order chi connectivity index (χ1) is 12.8. The molecule has 0 unspecified atom stereocenters. The van der Waals surface area contributed by atoms with E-state index in [2.05, 4.69) is 44.5 Å². The van der Waals surface area contributed by atoms with Gasteiger partial charge < -0.3 is 15.1 Å². The average Bonchev–Trinajstić information content (AvgIpc) is 2.72. The highest BCUT2D eigenvalue weighted by Gasteiger charge is 2.22. The molecule has 132 valence electrons. The number of carbonyl (C=O) groups is 1. The Labute approximate surface area is 152 Å². The number of hydrogen-bond donors (Lipinski definition) is 1. The number of nitrogens with zero attached hydrogens (tertiary/aromatic N) is 4. The molecule has 4 rings (SSSR count). The minimum absolute atomic E-state index is 0.0358. The molecule has 0 atom stereocenters. The van der Waals surface area contributed by atoms with E-state index in [9.17, 15) is 4.79 Å². The van der Waals surface area contributed by atoms with Crippen molar-refractivity contribution in [1.29, 1.82) is 0 Å². The highest BCUT2D eigenvalue weighted by molar-refractivity contribution is 5.90. The maximum Gasteiger partial charge on any atom is 0.317 e. The molecule has 6 nitrogen and oxygen atoms in total. The third kappa shape index (κ3) is 3.44. The number of rotatable bonds is 3. The smallest absolute Gasteiger partial charge is 0.317 e. The summed E-state index contributed by atoms with van der Waals surface area (Å²) in [7, 11) is 0. The van der Waals surface area contributed by atoms with E-state index in [0.717, 1.165) is 35.4 Å². The first-order valence-electron chi connectivity index (χ1n) is 8.83. The van der Waals surface area contributed by atoms with E-state index in [1.807, 2.05) is 35.4 Å². The van der Waals surface area contributed by atoms with Crippen molar-refractivity contribution in [2.75, 3.05) is 31.1 Å². The molecule has 26 heavy (non-hydrogen) atoms. The molecule has 1 saturated heterocycles. The molecule has 0 saturated carbocycles. The molecule has 3 heterocycles. The van der Waals surface area contributed by atoms with Gasteiger partial charge in [-0.1, -0.05) is 24.3 Å². The van der Waals surface area contributed by atoms with E-state index < -0.39 is 0 Å². The van der Waals surface area contributed by atoms with Crippen LogP contribution in [-0.2, 0) is 6.54 Å². The van der Waals surface area contributed by atoms with E-state index in [4.69, 9.17) is 0 Å². The van der Waals surface area contributed by atoms with Crippen LogP contribution in [0.25, 0.3) is 10.9 Å². The van der Waals surface area contributed by atoms with Crippen LogP contribution in [0.2, 0.25) is 0 Å². The number of hydrogen-bond acceptors (Lipinski definition) is 4. The SMILES string of the molecule is O=C(NCc1ccccn1)N1CCN(c2cccc3cccnc23)CC1. The fourth-order valence-corrected chi connectivity index (χ4v) is 3.27. The number of nitrogens with one attached hydrogen (secondary N) is 1. The van der Waals surface area contributed by atoms with Crippen LogP contribution in [-0.4, -0.2) is 47.1 Å². The summed E-state index contributed by atoms with van der Waals surface area (Å²) in [5.74, 6) is 0. The molecule has 0 spiro atoms. The largest absolute Gasteiger partial charge is 0.366 e. The summed E-state index contributed by atoms with van der Waals surface area (Å²) >= 11 is 0. The standard InChI is InChI=1S/C20H21N5O/c26-20(23-15-17-7-1-2-9-21-17)25-13-11-24(12-14-25)18-8-3-5-16-6-4-10-22-19(16)18/h1-10H,11-15H2,(H,23,26). The van der Waals surface area contributed by atoms with Crippen molar-refractivity contribution in [3.8, 4) is 0 Å². The van der Waals surface area contributed by atoms with Crippen LogP contribution >= 0.6 is 0 Å². The second-order valence-electron chi connectivity index (χ2n) is 6.31. The normalized spacial score (nSPS) is 14.5. The first-order valence-corrected chi connectivity index (χ1v) is 8.83. The minimum atomic E-state index is -0.0358. The predicted octanol–water partition coefficient (Wildman–Crippen LogP) is 2.66. The monoisotopic (exact) mass is 347 g/mol. The van der Waals surface area contributed by atoms with Gasteiger partial charge in [0.2, 0.25) is 0 Å². The van der Waals surface area contributed by atoms with Crippen LogP contribution in [0.1, 0.15) is 5.69 Å². The Morgan fingerprint density at radius 2 is 1.73 bits per heavy atom. The maximum absolute atomic E-state index is 12.4. The summed E-state index contributed by atoms with van der Waals surface area (Å²) in [6.07, 6.45) is 3.56. The Hall–Kier alpha value is -3.15. The molecule has 1 aliphatic heterocycles. The Bertz CT molecular complexity index is 886. The Morgan fingerprint density at radius 1 is 0.923 bits per heavy atom. The van der Waals surface area contributed by atoms with Crippen molar-refractivity contribution in [1.82, 2.24) is 20.2 Å². The Balaban J connectivity index is 1.37. The van der Waals surface area contributed by atoms with Gasteiger partial charge in [0.1, 0.15) is 0 Å². The molecule has 0 radical (unpaired) electrons. The highest BCUT2D eigenvalue weighted by atomic mass is 16.2. The van der Waals surface area contributed by atoms with Gasteiger partial charge in [-0.05, 0) is 24.3 Å². The summed E-state index contributed by atoms with van der Waals surface area (Å²) in [5, 5.41) is 4.09. The zero-order valence-corrected chi connectivity index (χ0v) is 14.5. The Morgan fingerprint density at radius 3 is 2.54 bits per heavy atom. The zero-order valence-electron chi connectivity index (χ0n) is 14.5. The third-order valence-corrected chi connectivity index (χ3v) is 4.67. The lowest BCUT2D eigenvalue weighted by atomic mass is 10.1. The molecular weight excluding hydrogens is 326 g/mol. The van der Waals surface area contributed by atoms with Gasteiger partial charge in [-0.2, -0.15) is 0 Å². The lowest BCUT2D eigenvalue weighted by Crippen LogP contribution is -2.51. The quantitative estimate of drug-likeness (QED) is 0.791. The van der Waals surface area contributed by atoms with Crippen molar-refractivity contribution >= 4 is 22.6 Å². The van der Waals surface area contributed by atoms with Crippen molar-refractivity contribution in [2.24, 2.45) is 0 Å². The first kappa shape index (κ1) is 16.3. The van der Waals surface area contributed by atoms with Crippen molar-refractivity contribution in [3.05, 3.63) is 66.6 Å². The number of para-hydroxylation sites is 1. The number of anilines is 1. The number of piperazine rings is 1. The molecule has 3 aromatic rings. The maximum atomic E-state index is 12.4. The topological polar surface area (TPSA) is 61.4 Å². The van der Waals surface area contributed by atoms with E-state index in [1.54, 1.807) is 6.20 Å². The van der Waals surface area contributed by atoms with Gasteiger partial charge in [-0.25, -0.2) is 4.79 Å². The fraction of sp³-hybridized carbons (Fsp3) is 0.250. The number of urea groups is 1. The molecule has 1 fully saturated rings. The van der Waals surface area contributed by atoms with Crippen LogP contribution in [0.5, 0.6) is 0 Å². The van der Waals surface area contributed by atoms with Gasteiger partial charge in [0, 0.05) is 44.0 Å². The molecule has 0 bridgehead atoms. The van der Waals surface area contributed by atoms with Gasteiger partial charge in [-0.15, -0.1) is 0 Å². The molecule has 6 heteroatoms. The summed E-state index contributed by atoms with van der Waals surface area (Å²) in [6.45, 7) is 3.43. The molecule has 2 aromatic heterocycles. The van der Waals surface area contributed by atoms with Crippen LogP contribution in [0, 0.1) is 0 Å². The molecule has 0 aliphatic carbocycles. The second-order valence-corrected chi connectivity index (χ2v) is 6.31. The molecule has 1 aromatic carbocycles. The third-order valence-electron chi connectivity index (χ3n) is 4.67. The van der Waals surface area contributed by atoms with Gasteiger partial charge in [0.05, 0.1) is 23.4 Å². The highest BCUT2D eigenvalue weighted by Crippen LogP contribution is 2.25. The Kier molecular flexibility index (Phi) is 4.64. The summed E-state index contributed by atoms with van der Waals surface area (Å²) in [6, 6.07) is 15.9. The lowest BCUT2D eigenvalue weighted by Gasteiger charge is -2.36. The summed E-state index contributed by atoms with van der Waals surface area (Å²) in [4.78, 5) is 25.3. The summed E-state index contributed by atoms with van der Waals surface area (Å²) < 4.78 is 0. The second kappa shape index (κ2) is 7.39. The lowest BCUT2D eigenvalue weighted by molar-refractivity contribution is 0.194. The zero-order chi connectivity index (χ0) is 17.8. The molecular formula is C20H21N5O. The molecule has 1 aliphatic rings. The van der Waals surface area contributed by atoms with Gasteiger partial charge in [0.25, 0.3) is 0 Å². The fourth-order valence-electron chi connectivity index (χ4n) is 3.27. The minimum Gasteiger partial charge on any atom is -0.366 e. The summed E-state index contributed by atoms with van der Waals surface area (Å²) in [5.41, 5.74) is 3.01. The predicted molar refractivity (Wildman–Crippen MR) is 102 cm³/mol. The van der Waals surface area contributed by atoms with Crippen LogP contribution < -0.4 is 10.2 Å². The van der Waals surface area contributed by atoms with Crippen LogP contribution in [0.15, 0.2) is 60.9 Å². The van der Waals surface area contributed by atoms with Crippen molar-refractivity contribution < 1.29 is 4.79 Å². The molecule has 1 N–H and O–H groups in total. The van der Waals surface area contributed by atoms with Gasteiger partial charge in [0.15, 0.2) is 0 Å². The van der Waals surface area contributed by atoms with Gasteiger partial charge >= 0.3 is 6.03 Å². The number of carbonyl (C=O) groups excluding carboxylic acids is 1.